The number of halogens is 1. The molecule has 0 spiro atoms. The number of pyridine rings is 1. The molecular formula is C12H17BrN2OSi. The van der Waals surface area contributed by atoms with Gasteiger partial charge in [0, 0.05) is 5.69 Å². The van der Waals surface area contributed by atoms with Crippen LogP contribution in [0.2, 0.25) is 19.1 Å². The molecule has 1 aliphatic heterocycles. The van der Waals surface area contributed by atoms with Gasteiger partial charge in [0.2, 0.25) is 0 Å². The predicted molar refractivity (Wildman–Crippen MR) is 74.7 cm³/mol. The molecule has 1 N–H and O–H groups in total. The largest absolute Gasteiger partial charge is 0.310 e. The van der Waals surface area contributed by atoms with Gasteiger partial charge in [-0.1, -0.05) is 19.2 Å². The molecule has 17 heavy (non-hydrogen) atoms. The van der Waals surface area contributed by atoms with Crippen molar-refractivity contribution in [2.45, 2.75) is 31.6 Å². The molecule has 1 atom stereocenters. The van der Waals surface area contributed by atoms with Gasteiger partial charge in [-0.2, -0.15) is 0 Å². The second kappa shape index (κ2) is 5.00. The topological polar surface area (TPSA) is 42.0 Å². The summed E-state index contributed by atoms with van der Waals surface area (Å²) < 4.78 is 0.789. The lowest BCUT2D eigenvalue weighted by Crippen LogP contribution is -2.31. The van der Waals surface area contributed by atoms with Gasteiger partial charge >= 0.3 is 0 Å². The molecule has 2 rings (SSSR count). The fourth-order valence-electron chi connectivity index (χ4n) is 2.17. The fraction of sp³-hybridized carbons (Fsp3) is 0.500. The first-order chi connectivity index (χ1) is 7.96. The molecule has 0 aromatic carbocycles. The highest BCUT2D eigenvalue weighted by atomic mass is 79.9. The smallest absolute Gasteiger partial charge is 0.155 e. The highest BCUT2D eigenvalue weighted by Crippen LogP contribution is 2.19. The number of hydrogen-bond acceptors (Lipinski definition) is 3. The molecule has 3 nitrogen and oxygen atoms in total. The molecule has 1 aromatic rings. The number of carbonyl (C=O) groups excluding carboxylic acids is 1. The molecule has 5 heteroatoms. The Morgan fingerprint density at radius 1 is 1.59 bits per heavy atom. The summed E-state index contributed by atoms with van der Waals surface area (Å²) in [4.78, 5) is 16.4. The minimum Gasteiger partial charge on any atom is -0.310 e. The number of Topliss-reactive ketones (excluding diaryl/α,β-unsaturated/α-hetero) is 1. The lowest BCUT2D eigenvalue weighted by Gasteiger charge is -2.12. The number of rotatable bonds is 3. The van der Waals surface area contributed by atoms with Gasteiger partial charge in [-0.15, -0.1) is 0 Å². The molecule has 0 aliphatic carbocycles. The van der Waals surface area contributed by atoms with Crippen LogP contribution in [0.25, 0.3) is 0 Å². The zero-order valence-electron chi connectivity index (χ0n) is 10.2. The Morgan fingerprint density at radius 3 is 2.94 bits per heavy atom. The molecule has 0 radical (unpaired) electrons. The Bertz CT molecular complexity index is 436. The molecule has 1 fully saturated rings. The first-order valence-electron chi connectivity index (χ1n) is 5.84. The summed E-state index contributed by atoms with van der Waals surface area (Å²) in [7, 11) is -1.16. The van der Waals surface area contributed by atoms with Crippen LogP contribution in [0.5, 0.6) is 0 Å². The summed E-state index contributed by atoms with van der Waals surface area (Å²) >= 11 is 3.32. The molecule has 1 aliphatic rings. The van der Waals surface area contributed by atoms with Crippen LogP contribution in [-0.4, -0.2) is 31.1 Å². The van der Waals surface area contributed by atoms with Crippen molar-refractivity contribution in [3.63, 3.8) is 0 Å². The van der Waals surface area contributed by atoms with Gasteiger partial charge in [-0.3, -0.25) is 4.79 Å². The lowest BCUT2D eigenvalue weighted by molar-refractivity contribution is -0.119. The number of carbonyl (C=O) groups is 1. The maximum atomic E-state index is 12.1. The van der Waals surface area contributed by atoms with Gasteiger partial charge in [-0.25, -0.2) is 4.98 Å². The van der Waals surface area contributed by atoms with Crippen LogP contribution >= 0.6 is 15.9 Å². The van der Waals surface area contributed by atoms with Gasteiger partial charge in [-0.05, 0) is 40.3 Å². The van der Waals surface area contributed by atoms with Crippen molar-refractivity contribution in [2.24, 2.45) is 0 Å². The van der Waals surface area contributed by atoms with Crippen molar-refractivity contribution in [3.8, 4) is 0 Å². The van der Waals surface area contributed by atoms with Crippen LogP contribution in [0, 0.1) is 0 Å². The van der Waals surface area contributed by atoms with Crippen molar-refractivity contribution in [2.75, 3.05) is 6.17 Å². The fourth-order valence-corrected chi connectivity index (χ4v) is 4.98. The monoisotopic (exact) mass is 312 g/mol. The third-order valence-electron chi connectivity index (χ3n) is 3.10. The van der Waals surface area contributed by atoms with Crippen molar-refractivity contribution in [1.29, 1.82) is 0 Å². The Hall–Kier alpha value is -0.523. The zero-order chi connectivity index (χ0) is 12.5. The standard InChI is InChI=1S/C12H17BrN2OSi/c1-17(2)7-10(14-8-17)11(16)6-9-4-3-5-12(13)15-9/h3-5,10,14H,6-8H2,1-2H3/t10-/m0/s1. The van der Waals surface area contributed by atoms with Crippen LogP contribution in [0.4, 0.5) is 0 Å². The van der Waals surface area contributed by atoms with Crippen LogP contribution in [0.1, 0.15) is 5.69 Å². The van der Waals surface area contributed by atoms with E-state index in [2.05, 4.69) is 39.3 Å². The third-order valence-corrected chi connectivity index (χ3v) is 6.22. The molecule has 0 amide bonds. The summed E-state index contributed by atoms with van der Waals surface area (Å²) in [6.07, 6.45) is 1.48. The average Bonchev–Trinajstić information content (AvgIpc) is 2.59. The average molecular weight is 313 g/mol. The summed E-state index contributed by atoms with van der Waals surface area (Å²) in [5, 5.41) is 3.35. The number of hydrogen-bond donors (Lipinski definition) is 1. The molecule has 0 unspecified atom stereocenters. The maximum Gasteiger partial charge on any atom is 0.155 e. The van der Waals surface area contributed by atoms with E-state index in [1.165, 1.54) is 0 Å². The van der Waals surface area contributed by atoms with E-state index in [1.54, 1.807) is 0 Å². The Labute approximate surface area is 111 Å². The molecular weight excluding hydrogens is 296 g/mol. The van der Waals surface area contributed by atoms with Crippen LogP contribution in [-0.2, 0) is 11.2 Å². The van der Waals surface area contributed by atoms with E-state index >= 15 is 0 Å². The van der Waals surface area contributed by atoms with Crippen molar-refractivity contribution in [3.05, 3.63) is 28.5 Å². The quantitative estimate of drug-likeness (QED) is 0.687. The number of nitrogens with zero attached hydrogens (tertiary/aromatic N) is 1. The van der Waals surface area contributed by atoms with Crippen LogP contribution in [0.3, 0.4) is 0 Å². The van der Waals surface area contributed by atoms with E-state index < -0.39 is 8.07 Å². The van der Waals surface area contributed by atoms with Gasteiger partial charge in [0.15, 0.2) is 5.78 Å². The summed E-state index contributed by atoms with van der Waals surface area (Å²) in [5.74, 6) is 0.272. The first-order valence-corrected chi connectivity index (χ1v) is 10.0. The minimum absolute atomic E-state index is 0.0532. The first kappa shape index (κ1) is 12.9. The third kappa shape index (κ3) is 3.47. The lowest BCUT2D eigenvalue weighted by atomic mass is 10.1. The molecule has 0 saturated carbocycles. The van der Waals surface area contributed by atoms with E-state index in [0.29, 0.717) is 6.42 Å². The van der Waals surface area contributed by atoms with E-state index in [-0.39, 0.29) is 11.8 Å². The van der Waals surface area contributed by atoms with Gasteiger partial charge in [0.25, 0.3) is 0 Å². The van der Waals surface area contributed by atoms with Crippen LogP contribution in [0.15, 0.2) is 22.8 Å². The Kier molecular flexibility index (Phi) is 3.80. The Morgan fingerprint density at radius 2 is 2.35 bits per heavy atom. The van der Waals surface area contributed by atoms with E-state index in [0.717, 1.165) is 22.5 Å². The summed E-state index contributed by atoms with van der Waals surface area (Å²) in [5.41, 5.74) is 0.845. The molecule has 1 saturated heterocycles. The SMILES string of the molecule is C[Si]1(C)CN[C@H](C(=O)Cc2cccc(Br)n2)C1. The molecule has 92 valence electrons. The number of ketones is 1. The normalized spacial score (nSPS) is 22.6. The van der Waals surface area contributed by atoms with Gasteiger partial charge in [0.1, 0.15) is 4.60 Å². The number of nitrogens with one attached hydrogen (secondary N) is 1. The highest BCUT2D eigenvalue weighted by Gasteiger charge is 2.35. The Balaban J connectivity index is 1.98. The van der Waals surface area contributed by atoms with E-state index in [9.17, 15) is 4.79 Å². The second-order valence-electron chi connectivity index (χ2n) is 5.40. The predicted octanol–water partition coefficient (Wildman–Crippen LogP) is 2.18. The molecule has 2 heterocycles. The van der Waals surface area contributed by atoms with Gasteiger partial charge < -0.3 is 5.32 Å². The van der Waals surface area contributed by atoms with Crippen LogP contribution < -0.4 is 5.32 Å². The highest BCUT2D eigenvalue weighted by molar-refractivity contribution is 9.10. The molecule has 1 aromatic heterocycles. The van der Waals surface area contributed by atoms with E-state index in [1.807, 2.05) is 18.2 Å². The van der Waals surface area contributed by atoms with Crippen molar-refractivity contribution in [1.82, 2.24) is 10.3 Å². The van der Waals surface area contributed by atoms with Crippen molar-refractivity contribution < 1.29 is 4.79 Å². The molecule has 0 bridgehead atoms. The summed E-state index contributed by atoms with van der Waals surface area (Å²) in [6.45, 7) is 4.65. The van der Waals surface area contributed by atoms with Crippen molar-refractivity contribution >= 4 is 29.8 Å². The number of aromatic nitrogens is 1. The van der Waals surface area contributed by atoms with Gasteiger partial charge in [0.05, 0.1) is 20.5 Å². The zero-order valence-corrected chi connectivity index (χ0v) is 12.8. The minimum atomic E-state index is -1.16. The second-order valence-corrected chi connectivity index (χ2v) is 11.3. The van der Waals surface area contributed by atoms with E-state index in [4.69, 9.17) is 0 Å². The maximum absolute atomic E-state index is 12.1. The summed E-state index contributed by atoms with van der Waals surface area (Å²) in [6, 6.07) is 6.80.